The molecule has 4 nitrogen and oxygen atoms in total. The Morgan fingerprint density at radius 1 is 1.47 bits per heavy atom. The first kappa shape index (κ1) is 12.8. The zero-order valence-corrected chi connectivity index (χ0v) is 11.2. The Morgan fingerprint density at radius 2 is 2.24 bits per heavy atom. The van der Waals surface area contributed by atoms with Crippen LogP contribution in [-0.4, -0.2) is 48.2 Å². The molecule has 2 aliphatic rings. The van der Waals surface area contributed by atoms with E-state index in [1.165, 1.54) is 19.3 Å². The van der Waals surface area contributed by atoms with E-state index in [0.29, 0.717) is 18.6 Å². The molecule has 4 heteroatoms. The van der Waals surface area contributed by atoms with Gasteiger partial charge in [0.25, 0.3) is 0 Å². The summed E-state index contributed by atoms with van der Waals surface area (Å²) in [5.41, 5.74) is -0.224. The third-order valence-electron chi connectivity index (χ3n) is 4.08. The van der Waals surface area contributed by atoms with Crippen LogP contribution >= 0.6 is 0 Å². The van der Waals surface area contributed by atoms with Gasteiger partial charge in [-0.2, -0.15) is 0 Å². The van der Waals surface area contributed by atoms with Gasteiger partial charge in [-0.15, -0.1) is 0 Å². The standard InChI is InChI=1S/C13H24N2O2/c1-10(2)15-7-5-4-6-11(15)13(3)9-14-12(16)8-17-13/h10-11H,4-9H2,1-3H3,(H,14,16). The van der Waals surface area contributed by atoms with E-state index in [1.54, 1.807) is 0 Å². The van der Waals surface area contributed by atoms with Crippen LogP contribution in [0.25, 0.3) is 0 Å². The molecule has 0 saturated carbocycles. The maximum atomic E-state index is 11.2. The summed E-state index contributed by atoms with van der Waals surface area (Å²) in [5, 5.41) is 2.94. The highest BCUT2D eigenvalue weighted by Gasteiger charge is 2.43. The fourth-order valence-electron chi connectivity index (χ4n) is 3.05. The number of likely N-dealkylation sites (tertiary alicyclic amines) is 1. The number of carbonyl (C=O) groups is 1. The molecule has 0 radical (unpaired) electrons. The van der Waals surface area contributed by atoms with E-state index in [4.69, 9.17) is 4.74 Å². The zero-order valence-electron chi connectivity index (χ0n) is 11.2. The highest BCUT2D eigenvalue weighted by Crippen LogP contribution is 2.31. The fourth-order valence-corrected chi connectivity index (χ4v) is 3.05. The van der Waals surface area contributed by atoms with Gasteiger partial charge in [0.15, 0.2) is 0 Å². The van der Waals surface area contributed by atoms with Gasteiger partial charge in [0.05, 0.1) is 5.60 Å². The largest absolute Gasteiger partial charge is 0.362 e. The van der Waals surface area contributed by atoms with E-state index in [-0.39, 0.29) is 18.1 Å². The van der Waals surface area contributed by atoms with E-state index in [9.17, 15) is 4.79 Å². The molecule has 0 aliphatic carbocycles. The molecule has 2 saturated heterocycles. The Labute approximate surface area is 104 Å². The summed E-state index contributed by atoms with van der Waals surface area (Å²) in [6, 6.07) is 0.968. The van der Waals surface area contributed by atoms with Crippen LogP contribution in [0, 0.1) is 0 Å². The molecule has 2 heterocycles. The predicted molar refractivity (Wildman–Crippen MR) is 66.8 cm³/mol. The SMILES string of the molecule is CC(C)N1CCCCC1C1(C)CNC(=O)CO1. The molecule has 2 unspecified atom stereocenters. The van der Waals surface area contributed by atoms with E-state index in [0.717, 1.165) is 6.54 Å². The summed E-state index contributed by atoms with van der Waals surface area (Å²) in [4.78, 5) is 13.7. The van der Waals surface area contributed by atoms with Crippen LogP contribution < -0.4 is 5.32 Å². The van der Waals surface area contributed by atoms with Gasteiger partial charge in [-0.25, -0.2) is 0 Å². The van der Waals surface area contributed by atoms with E-state index in [1.807, 2.05) is 0 Å². The highest BCUT2D eigenvalue weighted by molar-refractivity contribution is 5.78. The minimum Gasteiger partial charge on any atom is -0.362 e. The van der Waals surface area contributed by atoms with Gasteiger partial charge in [-0.3, -0.25) is 9.69 Å². The van der Waals surface area contributed by atoms with Gasteiger partial charge in [0.1, 0.15) is 6.61 Å². The molecule has 0 aromatic rings. The first-order chi connectivity index (χ1) is 8.03. The number of ether oxygens (including phenoxy) is 1. The second-order valence-corrected chi connectivity index (χ2v) is 5.72. The van der Waals surface area contributed by atoms with Gasteiger partial charge in [-0.05, 0) is 40.2 Å². The molecule has 1 amide bonds. The Kier molecular flexibility index (Phi) is 3.73. The second kappa shape index (κ2) is 4.94. The van der Waals surface area contributed by atoms with Crippen molar-refractivity contribution in [1.29, 1.82) is 0 Å². The third kappa shape index (κ3) is 2.63. The number of hydrogen-bond donors (Lipinski definition) is 1. The lowest BCUT2D eigenvalue weighted by atomic mass is 9.85. The molecule has 2 rings (SSSR count). The first-order valence-corrected chi connectivity index (χ1v) is 6.69. The molecule has 2 fully saturated rings. The Morgan fingerprint density at radius 3 is 2.82 bits per heavy atom. The lowest BCUT2D eigenvalue weighted by molar-refractivity contribution is -0.155. The van der Waals surface area contributed by atoms with E-state index < -0.39 is 0 Å². The average molecular weight is 240 g/mol. The lowest BCUT2D eigenvalue weighted by Gasteiger charge is -2.49. The monoisotopic (exact) mass is 240 g/mol. The van der Waals surface area contributed by atoms with E-state index in [2.05, 4.69) is 31.0 Å². The van der Waals surface area contributed by atoms with Crippen molar-refractivity contribution >= 4 is 5.91 Å². The normalized spacial score (nSPS) is 36.0. The maximum Gasteiger partial charge on any atom is 0.246 e. The molecule has 17 heavy (non-hydrogen) atoms. The molecule has 1 N–H and O–H groups in total. The van der Waals surface area contributed by atoms with Crippen molar-refractivity contribution in [2.24, 2.45) is 0 Å². The van der Waals surface area contributed by atoms with Gasteiger partial charge < -0.3 is 10.1 Å². The number of carbonyl (C=O) groups excluding carboxylic acids is 1. The smallest absolute Gasteiger partial charge is 0.246 e. The topological polar surface area (TPSA) is 41.6 Å². The maximum absolute atomic E-state index is 11.2. The van der Waals surface area contributed by atoms with Gasteiger partial charge >= 0.3 is 0 Å². The summed E-state index contributed by atoms with van der Waals surface area (Å²) in [6.07, 6.45) is 3.71. The van der Waals surface area contributed by atoms with Crippen molar-refractivity contribution in [3.63, 3.8) is 0 Å². The second-order valence-electron chi connectivity index (χ2n) is 5.72. The number of nitrogens with zero attached hydrogens (tertiary/aromatic N) is 1. The zero-order chi connectivity index (χ0) is 12.5. The molecule has 0 aromatic carbocycles. The molecular formula is C13H24N2O2. The molecule has 0 aromatic heterocycles. The number of hydrogen-bond acceptors (Lipinski definition) is 3. The van der Waals surface area contributed by atoms with Crippen LogP contribution in [0.5, 0.6) is 0 Å². The lowest BCUT2D eigenvalue weighted by Crippen LogP contribution is -2.63. The number of piperidine rings is 1. The predicted octanol–water partition coefficient (Wildman–Crippen LogP) is 1.15. The number of rotatable bonds is 2. The van der Waals surface area contributed by atoms with Crippen LogP contribution in [0.2, 0.25) is 0 Å². The molecule has 0 spiro atoms. The van der Waals surface area contributed by atoms with Crippen LogP contribution in [-0.2, 0) is 9.53 Å². The number of nitrogens with one attached hydrogen (secondary N) is 1. The van der Waals surface area contributed by atoms with Crippen molar-refractivity contribution in [2.45, 2.75) is 57.7 Å². The van der Waals surface area contributed by atoms with Crippen LogP contribution in [0.1, 0.15) is 40.0 Å². The number of amides is 1. The van der Waals surface area contributed by atoms with E-state index >= 15 is 0 Å². The molecule has 98 valence electrons. The van der Waals surface area contributed by atoms with Crippen molar-refractivity contribution in [3.8, 4) is 0 Å². The number of morpholine rings is 1. The van der Waals surface area contributed by atoms with Crippen LogP contribution in [0.3, 0.4) is 0 Å². The minimum absolute atomic E-state index is 0.00869. The first-order valence-electron chi connectivity index (χ1n) is 6.69. The summed E-state index contributed by atoms with van der Waals surface area (Å²) in [6.45, 7) is 8.61. The summed E-state index contributed by atoms with van der Waals surface area (Å²) >= 11 is 0. The molecule has 0 bridgehead atoms. The van der Waals surface area contributed by atoms with Crippen LogP contribution in [0.15, 0.2) is 0 Å². The Bertz CT molecular complexity index is 281. The van der Waals surface area contributed by atoms with Gasteiger partial charge in [0, 0.05) is 18.6 Å². The molecular weight excluding hydrogens is 216 g/mol. The van der Waals surface area contributed by atoms with Crippen molar-refractivity contribution < 1.29 is 9.53 Å². The van der Waals surface area contributed by atoms with Gasteiger partial charge in [0.2, 0.25) is 5.91 Å². The highest BCUT2D eigenvalue weighted by atomic mass is 16.5. The fraction of sp³-hybridized carbons (Fsp3) is 0.923. The van der Waals surface area contributed by atoms with Crippen LogP contribution in [0.4, 0.5) is 0 Å². The Hall–Kier alpha value is -0.610. The summed E-state index contributed by atoms with van der Waals surface area (Å²) in [5.74, 6) is 0.00869. The Balaban J connectivity index is 2.10. The van der Waals surface area contributed by atoms with Gasteiger partial charge in [-0.1, -0.05) is 6.42 Å². The van der Waals surface area contributed by atoms with Crippen molar-refractivity contribution in [1.82, 2.24) is 10.2 Å². The average Bonchev–Trinajstić information content (AvgIpc) is 2.33. The summed E-state index contributed by atoms with van der Waals surface area (Å²) < 4.78 is 5.84. The molecule has 2 atom stereocenters. The third-order valence-corrected chi connectivity index (χ3v) is 4.08. The quantitative estimate of drug-likeness (QED) is 0.787. The van der Waals surface area contributed by atoms with Crippen molar-refractivity contribution in [2.75, 3.05) is 19.7 Å². The summed E-state index contributed by atoms with van der Waals surface area (Å²) in [7, 11) is 0. The minimum atomic E-state index is -0.224. The van der Waals surface area contributed by atoms with Crippen molar-refractivity contribution in [3.05, 3.63) is 0 Å². The molecule has 2 aliphatic heterocycles.